The van der Waals surface area contributed by atoms with Gasteiger partial charge in [0, 0.05) is 24.7 Å². The number of anilines is 1. The maximum atomic E-state index is 9.98. The lowest BCUT2D eigenvalue weighted by Gasteiger charge is -2.54. The van der Waals surface area contributed by atoms with Crippen molar-refractivity contribution >= 4 is 5.69 Å². The van der Waals surface area contributed by atoms with Crippen molar-refractivity contribution < 1.29 is 5.11 Å². The van der Waals surface area contributed by atoms with Gasteiger partial charge in [-0.3, -0.25) is 4.90 Å². The molecule has 0 radical (unpaired) electrons. The third-order valence-corrected chi connectivity index (χ3v) is 6.56. The van der Waals surface area contributed by atoms with Crippen LogP contribution in [0.2, 0.25) is 0 Å². The third-order valence-electron chi connectivity index (χ3n) is 6.56. The molecule has 3 heterocycles. The Morgan fingerprint density at radius 2 is 2.27 bits per heavy atom. The van der Waals surface area contributed by atoms with Crippen molar-refractivity contribution in [1.82, 2.24) is 4.90 Å². The number of aliphatic hydroxyl groups excluding tert-OH is 1. The number of para-hydroxylation sites is 1. The molecule has 3 aliphatic heterocycles. The van der Waals surface area contributed by atoms with Crippen LogP contribution in [0.5, 0.6) is 0 Å². The van der Waals surface area contributed by atoms with E-state index < -0.39 is 0 Å². The molecule has 4 aliphatic rings. The highest BCUT2D eigenvalue weighted by atomic mass is 16.3. The van der Waals surface area contributed by atoms with Crippen LogP contribution in [0.15, 0.2) is 47.6 Å². The maximum Gasteiger partial charge on any atom is 0.105 e. The Labute approximate surface area is 131 Å². The molecule has 1 spiro atoms. The van der Waals surface area contributed by atoms with Crippen molar-refractivity contribution in [3.63, 3.8) is 0 Å². The van der Waals surface area contributed by atoms with Crippen LogP contribution in [-0.4, -0.2) is 35.4 Å². The average Bonchev–Trinajstić information content (AvgIpc) is 3.03. The van der Waals surface area contributed by atoms with Gasteiger partial charge in [-0.1, -0.05) is 35.9 Å². The van der Waals surface area contributed by atoms with Gasteiger partial charge in [0.1, 0.15) is 5.66 Å². The Morgan fingerprint density at radius 3 is 3.09 bits per heavy atom. The fourth-order valence-electron chi connectivity index (χ4n) is 5.58. The van der Waals surface area contributed by atoms with E-state index in [0.29, 0.717) is 5.92 Å². The van der Waals surface area contributed by atoms with Gasteiger partial charge in [-0.15, -0.1) is 0 Å². The quantitative estimate of drug-likeness (QED) is 0.782. The second kappa shape index (κ2) is 4.03. The number of rotatable bonds is 1. The molecule has 3 unspecified atom stereocenters. The van der Waals surface area contributed by atoms with Gasteiger partial charge in [-0.2, -0.15) is 0 Å². The van der Waals surface area contributed by atoms with Crippen molar-refractivity contribution in [2.75, 3.05) is 25.0 Å². The van der Waals surface area contributed by atoms with Crippen molar-refractivity contribution in [2.24, 2.45) is 5.92 Å². The lowest BCUT2D eigenvalue weighted by atomic mass is 9.61. The summed E-state index contributed by atoms with van der Waals surface area (Å²) in [5.41, 5.74) is 5.46. The molecule has 5 rings (SSSR count). The molecule has 2 bridgehead atoms. The first-order valence-electron chi connectivity index (χ1n) is 8.34. The molecule has 2 N–H and O–H groups in total. The number of nitrogens with one attached hydrogen (secondary N) is 1. The fraction of sp³-hybridized carbons (Fsp3) is 0.474. The van der Waals surface area contributed by atoms with Crippen LogP contribution in [0.4, 0.5) is 5.69 Å². The van der Waals surface area contributed by atoms with E-state index in [1.54, 1.807) is 0 Å². The predicted octanol–water partition coefficient (Wildman–Crippen LogP) is 2.65. The largest absolute Gasteiger partial charge is 0.392 e. The number of nitrogens with zero attached hydrogens (tertiary/aromatic N) is 1. The minimum absolute atomic E-state index is 0.0204. The molecule has 1 aromatic carbocycles. The first kappa shape index (κ1) is 12.9. The van der Waals surface area contributed by atoms with Gasteiger partial charge in [0.25, 0.3) is 0 Å². The molecule has 1 aromatic rings. The Balaban J connectivity index is 1.79. The van der Waals surface area contributed by atoms with E-state index in [9.17, 15) is 5.11 Å². The monoisotopic (exact) mass is 294 g/mol. The van der Waals surface area contributed by atoms with Gasteiger partial charge in [0.15, 0.2) is 0 Å². The van der Waals surface area contributed by atoms with Gasteiger partial charge in [-0.25, -0.2) is 0 Å². The molecular formula is C19H22N2O. The summed E-state index contributed by atoms with van der Waals surface area (Å²) in [6.45, 7) is 4.47. The topological polar surface area (TPSA) is 35.5 Å². The minimum atomic E-state index is 0.0204. The number of hydrogen-bond acceptors (Lipinski definition) is 3. The average molecular weight is 294 g/mol. The van der Waals surface area contributed by atoms with Crippen molar-refractivity contribution in [1.29, 1.82) is 0 Å². The first-order chi connectivity index (χ1) is 10.7. The Kier molecular flexibility index (Phi) is 2.37. The van der Waals surface area contributed by atoms with Crippen LogP contribution in [0.1, 0.15) is 25.3 Å². The van der Waals surface area contributed by atoms with E-state index >= 15 is 0 Å². The van der Waals surface area contributed by atoms with Gasteiger partial charge >= 0.3 is 0 Å². The standard InChI is InChI=1S/C19H22N2O/c1-2-13-11-21-8-7-18-9-14(12-22)15(13)10-19(18,21)20-17-6-4-3-5-16(17)18/h2-6,9,15,20,22H,7-8,10-12H2,1H3. The number of allylic oxidation sites excluding steroid dienone is 1. The Morgan fingerprint density at radius 1 is 1.41 bits per heavy atom. The zero-order valence-electron chi connectivity index (χ0n) is 13.0. The lowest BCUT2D eigenvalue weighted by molar-refractivity contribution is 0.0821. The van der Waals surface area contributed by atoms with Gasteiger partial charge in [0.2, 0.25) is 0 Å². The second-order valence-electron chi connectivity index (χ2n) is 7.17. The zero-order valence-corrected chi connectivity index (χ0v) is 13.0. The second-order valence-corrected chi connectivity index (χ2v) is 7.17. The number of piperidine rings is 1. The molecule has 0 amide bonds. The van der Waals surface area contributed by atoms with Crippen LogP contribution in [-0.2, 0) is 5.41 Å². The summed E-state index contributed by atoms with van der Waals surface area (Å²) in [6.07, 6.45) is 6.90. The number of aliphatic hydroxyl groups is 1. The molecule has 2 saturated heterocycles. The summed E-state index contributed by atoms with van der Waals surface area (Å²) in [5.74, 6) is 0.402. The third kappa shape index (κ3) is 1.23. The molecule has 3 heteroatoms. The molecule has 22 heavy (non-hydrogen) atoms. The lowest BCUT2D eigenvalue weighted by Crippen LogP contribution is -2.63. The number of hydrogen-bond donors (Lipinski definition) is 2. The van der Waals surface area contributed by atoms with Crippen molar-refractivity contribution in [3.8, 4) is 0 Å². The molecule has 3 nitrogen and oxygen atoms in total. The van der Waals surface area contributed by atoms with Crippen molar-refractivity contribution in [3.05, 3.63) is 53.1 Å². The van der Waals surface area contributed by atoms with E-state index in [1.807, 2.05) is 0 Å². The summed E-state index contributed by atoms with van der Waals surface area (Å²) >= 11 is 0. The molecule has 2 fully saturated rings. The molecule has 0 saturated carbocycles. The van der Waals surface area contributed by atoms with Crippen molar-refractivity contribution in [2.45, 2.75) is 30.8 Å². The van der Waals surface area contributed by atoms with Crippen LogP contribution in [0.25, 0.3) is 0 Å². The molecule has 1 aliphatic carbocycles. The fourth-order valence-corrected chi connectivity index (χ4v) is 5.58. The van der Waals surface area contributed by atoms with Gasteiger partial charge in [-0.05, 0) is 37.0 Å². The number of benzene rings is 1. The normalized spacial score (nSPS) is 40.2. The summed E-state index contributed by atoms with van der Waals surface area (Å²) < 4.78 is 0. The van der Waals surface area contributed by atoms with E-state index in [0.717, 1.165) is 25.9 Å². The SMILES string of the molecule is CC=C1CN2CCC34C=C(CO)C1CC23Nc1ccccc14. The Bertz CT molecular complexity index is 722. The molecular weight excluding hydrogens is 272 g/mol. The van der Waals surface area contributed by atoms with Crippen LogP contribution in [0, 0.1) is 5.92 Å². The van der Waals surface area contributed by atoms with Crippen LogP contribution >= 0.6 is 0 Å². The van der Waals surface area contributed by atoms with Crippen LogP contribution < -0.4 is 5.32 Å². The molecule has 0 aromatic heterocycles. The summed E-state index contributed by atoms with van der Waals surface area (Å²) in [6, 6.07) is 8.75. The highest BCUT2D eigenvalue weighted by Gasteiger charge is 2.67. The molecule has 114 valence electrons. The summed E-state index contributed by atoms with van der Waals surface area (Å²) in [4.78, 5) is 2.64. The van der Waals surface area contributed by atoms with E-state index in [2.05, 4.69) is 53.6 Å². The van der Waals surface area contributed by atoms with E-state index in [1.165, 1.54) is 22.4 Å². The van der Waals surface area contributed by atoms with Gasteiger partial charge < -0.3 is 10.4 Å². The first-order valence-corrected chi connectivity index (χ1v) is 8.34. The highest BCUT2D eigenvalue weighted by molar-refractivity contribution is 5.69. The maximum absolute atomic E-state index is 9.98. The Hall–Kier alpha value is -1.58. The zero-order chi connectivity index (χ0) is 14.9. The van der Waals surface area contributed by atoms with Gasteiger partial charge in [0.05, 0.1) is 12.0 Å². The van der Waals surface area contributed by atoms with E-state index in [-0.39, 0.29) is 17.7 Å². The summed E-state index contributed by atoms with van der Waals surface area (Å²) in [7, 11) is 0. The molecule has 3 atom stereocenters. The smallest absolute Gasteiger partial charge is 0.105 e. The predicted molar refractivity (Wildman–Crippen MR) is 87.7 cm³/mol. The minimum Gasteiger partial charge on any atom is -0.392 e. The van der Waals surface area contributed by atoms with E-state index in [4.69, 9.17) is 0 Å². The highest BCUT2D eigenvalue weighted by Crippen LogP contribution is 2.63. The summed E-state index contributed by atoms with van der Waals surface area (Å²) in [5, 5.41) is 13.9. The van der Waals surface area contributed by atoms with Crippen LogP contribution in [0.3, 0.4) is 0 Å². The number of fused-ring (bicyclic) bond motifs is 2.